The zero-order valence-electron chi connectivity index (χ0n) is 20.5. The fraction of sp³-hybridized carbons (Fsp3) is 0.333. The third-order valence-corrected chi connectivity index (χ3v) is 6.89. The molecule has 188 valence electrons. The van der Waals surface area contributed by atoms with Crippen LogP contribution in [0, 0.1) is 12.8 Å². The van der Waals surface area contributed by atoms with Gasteiger partial charge in [0.25, 0.3) is 5.91 Å². The Morgan fingerprint density at radius 3 is 2.56 bits per heavy atom. The minimum Gasteiger partial charge on any atom is -0.489 e. The molecule has 0 unspecified atom stereocenters. The van der Waals surface area contributed by atoms with Crippen molar-refractivity contribution in [3.8, 4) is 5.75 Å². The van der Waals surface area contributed by atoms with Gasteiger partial charge in [0.2, 0.25) is 0 Å². The average Bonchev–Trinajstić information content (AvgIpc) is 3.38. The van der Waals surface area contributed by atoms with Crippen LogP contribution in [0.15, 0.2) is 59.8 Å². The third-order valence-electron chi connectivity index (χ3n) is 5.90. The van der Waals surface area contributed by atoms with Gasteiger partial charge >= 0.3 is 5.97 Å². The van der Waals surface area contributed by atoms with E-state index in [4.69, 9.17) is 9.47 Å². The van der Waals surface area contributed by atoms with Crippen molar-refractivity contribution in [1.29, 1.82) is 0 Å². The smallest absolute Gasteiger partial charge is 0.309 e. The number of anilines is 1. The molecule has 8 nitrogen and oxygen atoms in total. The molecule has 2 aromatic carbocycles. The van der Waals surface area contributed by atoms with Gasteiger partial charge < -0.3 is 14.4 Å². The van der Waals surface area contributed by atoms with Gasteiger partial charge in [-0.15, -0.1) is 0 Å². The highest BCUT2D eigenvalue weighted by Gasteiger charge is 2.27. The first kappa shape index (κ1) is 25.4. The van der Waals surface area contributed by atoms with Gasteiger partial charge in [-0.25, -0.2) is 10.4 Å². The number of nitrogens with zero attached hydrogens (tertiary/aromatic N) is 3. The number of aromatic nitrogens is 1. The van der Waals surface area contributed by atoms with E-state index < -0.39 is 0 Å². The van der Waals surface area contributed by atoms with Crippen molar-refractivity contribution >= 4 is 34.6 Å². The first-order valence-electron chi connectivity index (χ1n) is 12.0. The number of amides is 1. The minimum atomic E-state index is -0.304. The largest absolute Gasteiger partial charge is 0.489 e. The van der Waals surface area contributed by atoms with Gasteiger partial charge in [0, 0.05) is 24.8 Å². The van der Waals surface area contributed by atoms with Crippen molar-refractivity contribution in [2.75, 3.05) is 24.6 Å². The lowest BCUT2D eigenvalue weighted by Gasteiger charge is -2.30. The number of hydrogen-bond acceptors (Lipinski definition) is 8. The first-order chi connectivity index (χ1) is 17.5. The van der Waals surface area contributed by atoms with Crippen LogP contribution in [-0.2, 0) is 16.1 Å². The minimum absolute atomic E-state index is 0.0359. The summed E-state index contributed by atoms with van der Waals surface area (Å²) >= 11 is 1.49. The number of benzene rings is 2. The van der Waals surface area contributed by atoms with E-state index >= 15 is 0 Å². The average molecular weight is 507 g/mol. The lowest BCUT2D eigenvalue weighted by molar-refractivity contribution is -0.148. The van der Waals surface area contributed by atoms with Gasteiger partial charge in [-0.2, -0.15) is 5.10 Å². The molecule has 0 saturated carbocycles. The Bertz CT molecular complexity index is 1180. The number of thiazole rings is 1. The number of ether oxygens (including phenoxy) is 2. The zero-order chi connectivity index (χ0) is 25.3. The second-order valence-corrected chi connectivity index (χ2v) is 9.60. The van der Waals surface area contributed by atoms with Crippen molar-refractivity contribution in [2.45, 2.75) is 33.3 Å². The highest BCUT2D eigenvalue weighted by Crippen LogP contribution is 2.27. The second kappa shape index (κ2) is 12.3. The molecular formula is C27H30N4O4S. The Morgan fingerprint density at radius 1 is 1.14 bits per heavy atom. The molecule has 1 amide bonds. The van der Waals surface area contributed by atoms with E-state index in [1.54, 1.807) is 36.7 Å². The van der Waals surface area contributed by atoms with E-state index in [1.807, 2.05) is 26.0 Å². The Balaban J connectivity index is 1.23. The fourth-order valence-electron chi connectivity index (χ4n) is 3.82. The molecule has 3 aromatic rings. The number of carbonyl (C=O) groups excluding carboxylic acids is 2. The lowest BCUT2D eigenvalue weighted by Crippen LogP contribution is -2.36. The monoisotopic (exact) mass is 506 g/mol. The topological polar surface area (TPSA) is 93.1 Å². The van der Waals surface area contributed by atoms with Crippen molar-refractivity contribution in [3.05, 3.63) is 76.3 Å². The zero-order valence-corrected chi connectivity index (χ0v) is 21.3. The second-order valence-electron chi connectivity index (χ2n) is 8.56. The van der Waals surface area contributed by atoms with Gasteiger partial charge in [0.1, 0.15) is 12.4 Å². The molecule has 9 heteroatoms. The van der Waals surface area contributed by atoms with E-state index in [0.29, 0.717) is 24.5 Å². The Morgan fingerprint density at radius 2 is 1.86 bits per heavy atom. The highest BCUT2D eigenvalue weighted by molar-refractivity contribution is 7.17. The molecule has 0 atom stereocenters. The molecule has 1 N–H and O–H groups in total. The number of aryl methyl sites for hydroxylation is 1. The molecule has 0 aliphatic carbocycles. The number of hydrazone groups is 1. The van der Waals surface area contributed by atoms with E-state index in [2.05, 4.69) is 32.5 Å². The Labute approximate surface area is 215 Å². The van der Waals surface area contributed by atoms with Crippen LogP contribution in [0.5, 0.6) is 5.75 Å². The van der Waals surface area contributed by atoms with E-state index in [9.17, 15) is 9.59 Å². The summed E-state index contributed by atoms with van der Waals surface area (Å²) in [6.45, 7) is 6.28. The van der Waals surface area contributed by atoms with Crippen LogP contribution in [0.1, 0.15) is 46.1 Å². The molecule has 0 bridgehead atoms. The van der Waals surface area contributed by atoms with E-state index in [0.717, 1.165) is 41.5 Å². The molecule has 4 rings (SSSR count). The molecule has 1 fully saturated rings. The van der Waals surface area contributed by atoms with Crippen LogP contribution < -0.4 is 15.1 Å². The van der Waals surface area contributed by atoms with Gasteiger partial charge in [0.05, 0.1) is 23.6 Å². The molecule has 1 aliphatic rings. The van der Waals surface area contributed by atoms with Crippen LogP contribution in [0.3, 0.4) is 0 Å². The Hall–Kier alpha value is -3.72. The SMILES string of the molecule is CCOC(=O)C1CCN(c2ncc(/C=N\NC(=O)c3ccc(OCc4ccc(C)cc4)cc3)s2)CC1. The number of nitrogens with one attached hydrogen (secondary N) is 1. The Kier molecular flexibility index (Phi) is 8.67. The fourth-order valence-corrected chi connectivity index (χ4v) is 4.66. The standard InChI is InChI=1S/C27H30N4O4S/c1-3-34-26(33)22-12-14-31(15-13-22)27-28-16-24(36-27)17-29-30-25(32)21-8-10-23(11-9-21)35-18-20-6-4-19(2)5-7-20/h4-11,16-17,22H,3,12-15,18H2,1-2H3,(H,30,32)/b29-17-. The third kappa shape index (κ3) is 6.91. The molecule has 0 radical (unpaired) electrons. The van der Waals surface area contributed by atoms with Crippen molar-refractivity contribution in [3.63, 3.8) is 0 Å². The number of piperidine rings is 1. The summed E-state index contributed by atoms with van der Waals surface area (Å²) in [6.07, 6.45) is 4.83. The van der Waals surface area contributed by atoms with Crippen LogP contribution in [-0.4, -0.2) is 42.8 Å². The maximum Gasteiger partial charge on any atom is 0.309 e. The molecular weight excluding hydrogens is 476 g/mol. The molecule has 0 spiro atoms. The number of carbonyl (C=O) groups is 2. The molecule has 36 heavy (non-hydrogen) atoms. The van der Waals surface area contributed by atoms with Gasteiger partial charge in [-0.3, -0.25) is 9.59 Å². The van der Waals surface area contributed by atoms with Gasteiger partial charge in [0.15, 0.2) is 5.13 Å². The number of rotatable bonds is 9. The van der Waals surface area contributed by atoms with Gasteiger partial charge in [-0.05, 0) is 56.5 Å². The summed E-state index contributed by atoms with van der Waals surface area (Å²) in [5, 5.41) is 4.95. The van der Waals surface area contributed by atoms with Crippen LogP contribution in [0.4, 0.5) is 5.13 Å². The highest BCUT2D eigenvalue weighted by atomic mass is 32.1. The van der Waals surface area contributed by atoms with Crippen molar-refractivity contribution < 1.29 is 19.1 Å². The van der Waals surface area contributed by atoms with Crippen molar-refractivity contribution in [2.24, 2.45) is 11.0 Å². The number of esters is 1. The summed E-state index contributed by atoms with van der Waals surface area (Å²) in [5.41, 5.74) is 5.34. The van der Waals surface area contributed by atoms with E-state index in [1.165, 1.54) is 16.9 Å². The van der Waals surface area contributed by atoms with Gasteiger partial charge in [-0.1, -0.05) is 41.2 Å². The predicted molar refractivity (Wildman–Crippen MR) is 141 cm³/mol. The quantitative estimate of drug-likeness (QED) is 0.260. The first-order valence-corrected chi connectivity index (χ1v) is 12.8. The van der Waals surface area contributed by atoms with Crippen LogP contribution in [0.25, 0.3) is 0 Å². The van der Waals surface area contributed by atoms with Crippen LogP contribution in [0.2, 0.25) is 0 Å². The maximum atomic E-state index is 12.4. The van der Waals surface area contributed by atoms with Crippen LogP contribution >= 0.6 is 11.3 Å². The van der Waals surface area contributed by atoms with E-state index in [-0.39, 0.29) is 17.8 Å². The molecule has 1 aliphatic heterocycles. The molecule has 1 aromatic heterocycles. The predicted octanol–water partition coefficient (Wildman–Crippen LogP) is 4.57. The lowest BCUT2D eigenvalue weighted by atomic mass is 9.97. The maximum absolute atomic E-state index is 12.4. The van der Waals surface area contributed by atoms with Crippen molar-refractivity contribution in [1.82, 2.24) is 10.4 Å². The normalized spacial score (nSPS) is 14.1. The summed E-state index contributed by atoms with van der Waals surface area (Å²) < 4.78 is 10.9. The number of hydrogen-bond donors (Lipinski definition) is 1. The molecule has 2 heterocycles. The summed E-state index contributed by atoms with van der Waals surface area (Å²) in [4.78, 5) is 31.8. The summed E-state index contributed by atoms with van der Waals surface area (Å²) in [6, 6.07) is 15.1. The summed E-state index contributed by atoms with van der Waals surface area (Å²) in [5.74, 6) is 0.247. The summed E-state index contributed by atoms with van der Waals surface area (Å²) in [7, 11) is 0. The molecule has 1 saturated heterocycles.